The normalized spacial score (nSPS) is 11.5. The summed E-state index contributed by atoms with van der Waals surface area (Å²) in [6.45, 7) is 8.90. The molecule has 0 amide bonds. The molecule has 5 heteroatoms. The molecule has 0 saturated carbocycles. The van der Waals surface area contributed by atoms with Gasteiger partial charge in [-0.2, -0.15) is 0 Å². The van der Waals surface area contributed by atoms with Gasteiger partial charge in [-0.05, 0) is 0 Å². The molecule has 0 aromatic carbocycles. The van der Waals surface area contributed by atoms with Crippen molar-refractivity contribution in [3.05, 3.63) is 0 Å². The first-order valence-electron chi connectivity index (χ1n) is 4.84. The minimum atomic E-state index is -2.46. The quantitative estimate of drug-likeness (QED) is 0.606. The number of halogens is 1. The monoisotopic (exact) mass is 425 g/mol. The van der Waals surface area contributed by atoms with Gasteiger partial charge < -0.3 is 5.48 Å². The Morgan fingerprint density at radius 1 is 1.08 bits per heavy atom. The van der Waals surface area contributed by atoms with E-state index in [1.165, 1.54) is 8.87 Å². The molecule has 13 heavy (non-hydrogen) atoms. The molecule has 0 aliphatic heterocycles. The first-order valence-corrected chi connectivity index (χ1v) is 18.9. The molecule has 2 nitrogen and oxygen atoms in total. The molecule has 0 aromatic heterocycles. The van der Waals surface area contributed by atoms with Gasteiger partial charge >= 0.3 is 93.6 Å². The van der Waals surface area contributed by atoms with E-state index in [4.69, 9.17) is 10.3 Å². The van der Waals surface area contributed by atoms with Crippen molar-refractivity contribution in [2.45, 2.75) is 45.4 Å². The van der Waals surface area contributed by atoms with Crippen molar-refractivity contribution < 1.29 is 6.89 Å². The van der Waals surface area contributed by atoms with Crippen LogP contribution in [0.2, 0.25) is 17.7 Å². The van der Waals surface area contributed by atoms with Crippen LogP contribution in [0.1, 0.15) is 27.7 Å². The van der Waals surface area contributed by atoms with Crippen LogP contribution in [0, 0.1) is 0 Å². The van der Waals surface area contributed by atoms with E-state index in [-0.39, 0.29) is 5.48 Å². The maximum absolute atomic E-state index is 6.50. The van der Waals surface area contributed by atoms with Crippen LogP contribution in [0.3, 0.4) is 0 Å². The van der Waals surface area contributed by atoms with Gasteiger partial charge in [0.1, 0.15) is 0 Å². The predicted molar refractivity (Wildman–Crippen MR) is 64.0 cm³/mol. The molecule has 0 atom stereocenters. The second-order valence-electron chi connectivity index (χ2n) is 2.94. The summed E-state index contributed by atoms with van der Waals surface area (Å²) in [6, 6.07) is 0. The van der Waals surface area contributed by atoms with Gasteiger partial charge in [0.2, 0.25) is 0 Å². The van der Waals surface area contributed by atoms with E-state index in [0.717, 1.165) is 8.87 Å². The topological polar surface area (TPSA) is 40.7 Å². The third-order valence-electron chi connectivity index (χ3n) is 2.17. The van der Waals surface area contributed by atoms with Crippen molar-refractivity contribution in [3.63, 3.8) is 0 Å². The Morgan fingerprint density at radius 2 is 1.46 bits per heavy atom. The van der Waals surface area contributed by atoms with Crippen molar-refractivity contribution >= 4 is 46.8 Å². The Morgan fingerprint density at radius 3 is 1.69 bits per heavy atom. The first-order chi connectivity index (χ1) is 5.61. The molecule has 0 aliphatic rings. The molecule has 1 radical (unpaired) electrons. The van der Waals surface area contributed by atoms with E-state index in [9.17, 15) is 0 Å². The molecular formula is C8H22ClO2Sn2. The summed E-state index contributed by atoms with van der Waals surface area (Å²) in [7, 11) is 6.50. The van der Waals surface area contributed by atoms with E-state index < -0.39 is 37.8 Å². The standard InChI is InChI=1S/4C2H5.ClH.H2O.O.2Sn/c4*1-2;;;;;/h4*1H2,2H3;1H;1H2;;;/q;;;;;;;;+1/p-1. The van der Waals surface area contributed by atoms with Gasteiger partial charge in [0, 0.05) is 0 Å². The Bertz CT molecular complexity index is 117. The SMILES string of the molecule is C[CH2][Sn]([CH2]C)[O][Sn]([Cl])([CH2]C)[CH2]C.O. The van der Waals surface area contributed by atoms with Gasteiger partial charge in [-0.15, -0.1) is 0 Å². The molecule has 0 heterocycles. The minimum Gasteiger partial charge on any atom is -0.412 e. The molecule has 2 N–H and O–H groups in total. The molecule has 0 aliphatic carbocycles. The summed E-state index contributed by atoms with van der Waals surface area (Å²) >= 11 is -3.90. The van der Waals surface area contributed by atoms with Gasteiger partial charge in [0.25, 0.3) is 0 Å². The van der Waals surface area contributed by atoms with Crippen LogP contribution in [0.15, 0.2) is 0 Å². The van der Waals surface area contributed by atoms with Crippen molar-refractivity contribution in [1.29, 1.82) is 0 Å². The Kier molecular flexibility index (Phi) is 12.0. The third kappa shape index (κ3) is 6.81. The van der Waals surface area contributed by atoms with Crippen LogP contribution in [-0.4, -0.2) is 43.3 Å². The molecule has 0 aromatic rings. The van der Waals surface area contributed by atoms with Gasteiger partial charge in [-0.25, -0.2) is 0 Å². The summed E-state index contributed by atoms with van der Waals surface area (Å²) in [4.78, 5) is 0. The number of hydrogen-bond donors (Lipinski definition) is 0. The minimum absolute atomic E-state index is 0. The second kappa shape index (κ2) is 9.06. The van der Waals surface area contributed by atoms with E-state index >= 15 is 0 Å². The van der Waals surface area contributed by atoms with Crippen LogP contribution in [0.4, 0.5) is 0 Å². The summed E-state index contributed by atoms with van der Waals surface area (Å²) in [6.07, 6.45) is 0. The van der Waals surface area contributed by atoms with Gasteiger partial charge in [-0.3, -0.25) is 0 Å². The molecule has 0 saturated heterocycles. The molecule has 0 bridgehead atoms. The summed E-state index contributed by atoms with van der Waals surface area (Å²) in [5.74, 6) is 0. The predicted octanol–water partition coefficient (Wildman–Crippen LogP) is 2.93. The van der Waals surface area contributed by atoms with Crippen molar-refractivity contribution in [2.75, 3.05) is 0 Å². The Labute approximate surface area is 98.1 Å². The zero-order valence-corrected chi connectivity index (χ0v) is 15.6. The molecule has 0 unspecified atom stereocenters. The summed E-state index contributed by atoms with van der Waals surface area (Å²) in [5.41, 5.74) is 0. The number of rotatable bonds is 6. The molecule has 81 valence electrons. The van der Waals surface area contributed by atoms with Crippen molar-refractivity contribution in [2.24, 2.45) is 0 Å². The van der Waals surface area contributed by atoms with Gasteiger partial charge in [0.05, 0.1) is 0 Å². The zero-order chi connectivity index (χ0) is 9.61. The van der Waals surface area contributed by atoms with Crippen LogP contribution in [-0.2, 0) is 1.41 Å². The number of hydrogen-bond acceptors (Lipinski definition) is 1. The Hall–Kier alpha value is 1.81. The fourth-order valence-corrected chi connectivity index (χ4v) is 32.9. The fraction of sp³-hybridized carbons (Fsp3) is 1.00. The van der Waals surface area contributed by atoms with E-state index in [1.807, 2.05) is 0 Å². The second-order valence-corrected chi connectivity index (χ2v) is 28.2. The van der Waals surface area contributed by atoms with E-state index in [1.54, 1.807) is 0 Å². The molecular weight excluding hydrogens is 401 g/mol. The average Bonchev–Trinajstić information content (AvgIpc) is 2.14. The van der Waals surface area contributed by atoms with E-state index in [2.05, 4.69) is 27.7 Å². The summed E-state index contributed by atoms with van der Waals surface area (Å²) < 4.78 is 11.1. The summed E-state index contributed by atoms with van der Waals surface area (Å²) in [5, 5.41) is 0. The van der Waals surface area contributed by atoms with Gasteiger partial charge in [-0.1, -0.05) is 0 Å². The maximum Gasteiger partial charge on any atom is -0.412 e. The van der Waals surface area contributed by atoms with Crippen molar-refractivity contribution in [3.8, 4) is 0 Å². The van der Waals surface area contributed by atoms with Gasteiger partial charge in [0.15, 0.2) is 0 Å². The molecule has 0 fully saturated rings. The first kappa shape index (κ1) is 17.2. The molecule has 0 rings (SSSR count). The van der Waals surface area contributed by atoms with E-state index in [0.29, 0.717) is 0 Å². The third-order valence-corrected chi connectivity index (χ3v) is 34.2. The van der Waals surface area contributed by atoms with Crippen LogP contribution < -0.4 is 0 Å². The smallest absolute Gasteiger partial charge is 0.412 e. The largest absolute Gasteiger partial charge is 0.412 e. The average molecular weight is 423 g/mol. The maximum atomic E-state index is 6.50. The Balaban J connectivity index is 0. The molecule has 0 spiro atoms. The van der Waals surface area contributed by atoms with Crippen LogP contribution in [0.25, 0.3) is 0 Å². The fourth-order valence-electron chi connectivity index (χ4n) is 1.05. The van der Waals surface area contributed by atoms with Crippen molar-refractivity contribution in [1.82, 2.24) is 0 Å². The zero-order valence-electron chi connectivity index (χ0n) is 9.11. The van der Waals surface area contributed by atoms with Crippen LogP contribution in [0.5, 0.6) is 0 Å². The van der Waals surface area contributed by atoms with Crippen LogP contribution >= 0.6 is 8.92 Å².